The van der Waals surface area contributed by atoms with Crippen LogP contribution in [0.5, 0.6) is 0 Å². The van der Waals surface area contributed by atoms with Crippen LogP contribution < -0.4 is 5.32 Å². The number of rotatable bonds is 6. The molecule has 0 saturated heterocycles. The summed E-state index contributed by atoms with van der Waals surface area (Å²) in [6, 6.07) is 10.1. The van der Waals surface area contributed by atoms with Crippen molar-refractivity contribution in [1.29, 1.82) is 0 Å². The van der Waals surface area contributed by atoms with E-state index >= 15 is 0 Å². The Morgan fingerprint density at radius 2 is 2.05 bits per heavy atom. The zero-order valence-electron chi connectivity index (χ0n) is 11.6. The zero-order valence-corrected chi connectivity index (χ0v) is 11.6. The fourth-order valence-electron chi connectivity index (χ4n) is 2.54. The molecule has 1 amide bonds. The number of hydrogen-bond acceptors (Lipinski definition) is 2. The SMILES string of the molecule is CCC(CC(=O)NCC1(O)CCC1)c1ccccc1. The predicted octanol–water partition coefficient (Wildman–Crippen LogP) is 2.60. The lowest BCUT2D eigenvalue weighted by Gasteiger charge is -2.36. The maximum Gasteiger partial charge on any atom is 0.220 e. The molecular weight excluding hydrogens is 238 g/mol. The van der Waals surface area contributed by atoms with E-state index in [9.17, 15) is 9.90 Å². The summed E-state index contributed by atoms with van der Waals surface area (Å²) in [5, 5.41) is 12.8. The minimum Gasteiger partial charge on any atom is -0.388 e. The molecule has 1 aromatic carbocycles. The molecule has 1 unspecified atom stereocenters. The third-order valence-corrected chi connectivity index (χ3v) is 4.09. The van der Waals surface area contributed by atoms with Gasteiger partial charge in [-0.05, 0) is 37.2 Å². The zero-order chi connectivity index (χ0) is 13.7. The molecule has 3 nitrogen and oxygen atoms in total. The Hall–Kier alpha value is -1.35. The van der Waals surface area contributed by atoms with E-state index in [0.29, 0.717) is 13.0 Å². The normalized spacial score (nSPS) is 18.4. The van der Waals surface area contributed by atoms with E-state index in [2.05, 4.69) is 24.4 Å². The summed E-state index contributed by atoms with van der Waals surface area (Å²) >= 11 is 0. The summed E-state index contributed by atoms with van der Waals surface area (Å²) in [4.78, 5) is 12.0. The predicted molar refractivity (Wildman–Crippen MR) is 75.9 cm³/mol. The van der Waals surface area contributed by atoms with Gasteiger partial charge in [0.1, 0.15) is 0 Å². The van der Waals surface area contributed by atoms with Crippen LogP contribution in [-0.2, 0) is 4.79 Å². The molecule has 1 atom stereocenters. The highest BCUT2D eigenvalue weighted by atomic mass is 16.3. The van der Waals surface area contributed by atoms with Crippen molar-refractivity contribution in [3.8, 4) is 0 Å². The monoisotopic (exact) mass is 261 g/mol. The average Bonchev–Trinajstić information content (AvgIpc) is 2.41. The Bertz CT molecular complexity index is 412. The highest BCUT2D eigenvalue weighted by Crippen LogP contribution is 2.30. The molecule has 19 heavy (non-hydrogen) atoms. The van der Waals surface area contributed by atoms with Gasteiger partial charge in [-0.3, -0.25) is 4.79 Å². The second-order valence-corrected chi connectivity index (χ2v) is 5.57. The molecule has 2 N–H and O–H groups in total. The Kier molecular flexibility index (Phi) is 4.59. The Labute approximate surface area is 115 Å². The van der Waals surface area contributed by atoms with Crippen molar-refractivity contribution in [1.82, 2.24) is 5.32 Å². The number of hydrogen-bond donors (Lipinski definition) is 2. The Morgan fingerprint density at radius 1 is 1.37 bits per heavy atom. The lowest BCUT2D eigenvalue weighted by atomic mass is 9.80. The number of amides is 1. The van der Waals surface area contributed by atoms with Gasteiger partial charge in [-0.15, -0.1) is 0 Å². The standard InChI is InChI=1S/C16H23NO2/c1-2-13(14-7-4-3-5-8-14)11-15(18)17-12-16(19)9-6-10-16/h3-5,7-8,13,19H,2,6,9-12H2,1H3,(H,17,18). The molecule has 0 bridgehead atoms. The van der Waals surface area contributed by atoms with Crippen molar-refractivity contribution in [2.24, 2.45) is 0 Å². The minimum absolute atomic E-state index is 0.0380. The third-order valence-electron chi connectivity index (χ3n) is 4.09. The summed E-state index contributed by atoms with van der Waals surface area (Å²) in [7, 11) is 0. The largest absolute Gasteiger partial charge is 0.388 e. The van der Waals surface area contributed by atoms with E-state index in [1.54, 1.807) is 0 Å². The van der Waals surface area contributed by atoms with Crippen LogP contribution in [0.25, 0.3) is 0 Å². The maximum absolute atomic E-state index is 12.0. The van der Waals surface area contributed by atoms with Gasteiger partial charge < -0.3 is 10.4 Å². The van der Waals surface area contributed by atoms with Crippen LogP contribution in [0.15, 0.2) is 30.3 Å². The number of carbonyl (C=O) groups excluding carboxylic acids is 1. The van der Waals surface area contributed by atoms with E-state index in [0.717, 1.165) is 25.7 Å². The van der Waals surface area contributed by atoms with Crippen molar-refractivity contribution >= 4 is 5.91 Å². The van der Waals surface area contributed by atoms with E-state index < -0.39 is 5.60 Å². The summed E-state index contributed by atoms with van der Waals surface area (Å²) in [5.74, 6) is 0.299. The molecule has 104 valence electrons. The van der Waals surface area contributed by atoms with Gasteiger partial charge in [-0.25, -0.2) is 0 Å². The van der Waals surface area contributed by atoms with Crippen LogP contribution in [0.4, 0.5) is 0 Å². The van der Waals surface area contributed by atoms with Crippen LogP contribution in [0, 0.1) is 0 Å². The smallest absolute Gasteiger partial charge is 0.220 e. The van der Waals surface area contributed by atoms with E-state index in [4.69, 9.17) is 0 Å². The first-order chi connectivity index (χ1) is 9.13. The molecule has 0 spiro atoms. The Morgan fingerprint density at radius 3 is 2.58 bits per heavy atom. The molecule has 2 rings (SSSR count). The number of nitrogens with one attached hydrogen (secondary N) is 1. The van der Waals surface area contributed by atoms with Gasteiger partial charge in [-0.1, -0.05) is 37.3 Å². The molecule has 0 radical (unpaired) electrons. The molecule has 0 heterocycles. The van der Waals surface area contributed by atoms with Gasteiger partial charge in [0.05, 0.1) is 5.60 Å². The van der Waals surface area contributed by atoms with Crippen LogP contribution >= 0.6 is 0 Å². The molecule has 3 heteroatoms. The molecular formula is C16H23NO2. The highest BCUT2D eigenvalue weighted by Gasteiger charge is 2.34. The van der Waals surface area contributed by atoms with Gasteiger partial charge in [-0.2, -0.15) is 0 Å². The minimum atomic E-state index is -0.635. The quantitative estimate of drug-likeness (QED) is 0.827. The molecule has 1 aliphatic rings. The summed E-state index contributed by atoms with van der Waals surface area (Å²) < 4.78 is 0. The van der Waals surface area contributed by atoms with Gasteiger partial charge in [0.2, 0.25) is 5.91 Å². The molecule has 1 aliphatic carbocycles. The number of carbonyl (C=O) groups is 1. The van der Waals surface area contributed by atoms with Crippen molar-refractivity contribution < 1.29 is 9.90 Å². The van der Waals surface area contributed by atoms with E-state index in [1.807, 2.05) is 18.2 Å². The second kappa shape index (κ2) is 6.20. The first-order valence-corrected chi connectivity index (χ1v) is 7.17. The van der Waals surface area contributed by atoms with Crippen LogP contribution in [0.3, 0.4) is 0 Å². The topological polar surface area (TPSA) is 49.3 Å². The van der Waals surface area contributed by atoms with E-state index in [1.165, 1.54) is 5.56 Å². The summed E-state index contributed by atoms with van der Waals surface area (Å²) in [6.07, 6.45) is 4.12. The number of aliphatic hydroxyl groups is 1. The van der Waals surface area contributed by atoms with Crippen molar-refractivity contribution in [2.75, 3.05) is 6.54 Å². The van der Waals surface area contributed by atoms with Crippen molar-refractivity contribution in [3.63, 3.8) is 0 Å². The molecule has 1 fully saturated rings. The van der Waals surface area contributed by atoms with Gasteiger partial charge in [0.15, 0.2) is 0 Å². The first kappa shape index (κ1) is 14.1. The van der Waals surface area contributed by atoms with Crippen molar-refractivity contribution in [2.45, 2.75) is 50.5 Å². The summed E-state index contributed by atoms with van der Waals surface area (Å²) in [6.45, 7) is 2.50. The lowest BCUT2D eigenvalue weighted by molar-refractivity contribution is -0.124. The average molecular weight is 261 g/mol. The van der Waals surface area contributed by atoms with Crippen LogP contribution in [0.2, 0.25) is 0 Å². The van der Waals surface area contributed by atoms with Gasteiger partial charge >= 0.3 is 0 Å². The van der Waals surface area contributed by atoms with E-state index in [-0.39, 0.29) is 11.8 Å². The molecule has 1 aromatic rings. The number of benzene rings is 1. The maximum atomic E-state index is 12.0. The molecule has 0 aromatic heterocycles. The second-order valence-electron chi connectivity index (χ2n) is 5.57. The van der Waals surface area contributed by atoms with Crippen LogP contribution in [0.1, 0.15) is 50.5 Å². The lowest BCUT2D eigenvalue weighted by Crippen LogP contribution is -2.47. The van der Waals surface area contributed by atoms with Gasteiger partial charge in [0, 0.05) is 13.0 Å². The molecule has 0 aliphatic heterocycles. The fourth-order valence-corrected chi connectivity index (χ4v) is 2.54. The highest BCUT2D eigenvalue weighted by molar-refractivity contribution is 5.77. The fraction of sp³-hybridized carbons (Fsp3) is 0.562. The third kappa shape index (κ3) is 3.80. The van der Waals surface area contributed by atoms with Gasteiger partial charge in [0.25, 0.3) is 0 Å². The first-order valence-electron chi connectivity index (χ1n) is 7.17. The summed E-state index contributed by atoms with van der Waals surface area (Å²) in [5.41, 5.74) is 0.576. The van der Waals surface area contributed by atoms with Crippen LogP contribution in [-0.4, -0.2) is 23.2 Å². The van der Waals surface area contributed by atoms with Crippen molar-refractivity contribution in [3.05, 3.63) is 35.9 Å². The Balaban J connectivity index is 1.83. The molecule has 1 saturated carbocycles.